The monoisotopic (exact) mass is 290 g/mol. The Morgan fingerprint density at radius 2 is 1.27 bits per heavy atom. The van der Waals surface area contributed by atoms with E-state index in [0.717, 1.165) is 22.3 Å². The zero-order chi connectivity index (χ0) is 15.9. The molecule has 112 valence electrons. The molecule has 0 amide bonds. The molecule has 0 aliphatic carbocycles. The first-order valence-electron chi connectivity index (χ1n) is 7.65. The highest BCUT2D eigenvalue weighted by Gasteiger charge is 2.16. The molecule has 0 fully saturated rings. The fourth-order valence-corrected chi connectivity index (χ4v) is 2.44. The number of allylic oxidation sites excluding steroid dienone is 2. The van der Waals surface area contributed by atoms with Crippen molar-refractivity contribution in [2.75, 3.05) is 0 Å². The second-order valence-electron chi connectivity index (χ2n) is 5.37. The van der Waals surface area contributed by atoms with Gasteiger partial charge in [-0.05, 0) is 30.5 Å². The van der Waals surface area contributed by atoms with Crippen LogP contribution in [0.15, 0.2) is 60.7 Å². The van der Waals surface area contributed by atoms with Crippen LogP contribution in [0.4, 0.5) is 0 Å². The summed E-state index contributed by atoms with van der Waals surface area (Å²) < 4.78 is 0. The summed E-state index contributed by atoms with van der Waals surface area (Å²) in [6.07, 6.45) is 8.08. The molecule has 2 aromatic rings. The van der Waals surface area contributed by atoms with E-state index in [1.165, 1.54) is 0 Å². The molecule has 0 bridgehead atoms. The van der Waals surface area contributed by atoms with Crippen LogP contribution >= 0.6 is 0 Å². The lowest BCUT2D eigenvalue weighted by Gasteiger charge is -2.11. The van der Waals surface area contributed by atoms with Gasteiger partial charge in [-0.3, -0.25) is 4.79 Å². The van der Waals surface area contributed by atoms with Crippen LogP contribution in [0, 0.1) is 0 Å². The zero-order valence-electron chi connectivity index (χ0n) is 13.4. The molecule has 2 aromatic carbocycles. The van der Waals surface area contributed by atoms with E-state index in [2.05, 4.69) is 6.08 Å². The van der Waals surface area contributed by atoms with Crippen molar-refractivity contribution in [1.82, 2.24) is 0 Å². The molecule has 0 aliphatic rings. The number of benzene rings is 2. The summed E-state index contributed by atoms with van der Waals surface area (Å²) in [6.45, 7) is 5.95. The molecule has 1 nitrogen and oxygen atoms in total. The summed E-state index contributed by atoms with van der Waals surface area (Å²) in [5.41, 5.74) is 4.08. The third-order valence-electron chi connectivity index (χ3n) is 3.74. The molecule has 22 heavy (non-hydrogen) atoms. The van der Waals surface area contributed by atoms with Crippen LogP contribution in [0.5, 0.6) is 0 Å². The lowest BCUT2D eigenvalue weighted by Crippen LogP contribution is -2.09. The summed E-state index contributed by atoms with van der Waals surface area (Å²) in [4.78, 5) is 12.6. The fraction of sp³-hybridized carbons (Fsp3) is 0.190. The molecule has 0 aromatic heterocycles. The lowest BCUT2D eigenvalue weighted by molar-refractivity contribution is 0.0966. The predicted molar refractivity (Wildman–Crippen MR) is 95.0 cm³/mol. The van der Waals surface area contributed by atoms with Gasteiger partial charge in [0, 0.05) is 11.5 Å². The quantitative estimate of drug-likeness (QED) is 0.642. The molecule has 0 heterocycles. The lowest BCUT2D eigenvalue weighted by atomic mass is 9.91. The molecule has 0 N–H and O–H groups in total. The van der Waals surface area contributed by atoms with Crippen LogP contribution in [0.1, 0.15) is 53.7 Å². The Balaban J connectivity index is 2.17. The highest BCUT2D eigenvalue weighted by atomic mass is 16.1. The molecule has 1 atom stereocenters. The molecule has 0 saturated carbocycles. The number of hydrogen-bond acceptors (Lipinski definition) is 1. The number of carbonyl (C=O) groups is 1. The van der Waals surface area contributed by atoms with Crippen LogP contribution in [0.25, 0.3) is 12.2 Å². The number of hydrogen-bond donors (Lipinski definition) is 0. The third-order valence-corrected chi connectivity index (χ3v) is 3.74. The number of ketones is 1. The SMILES string of the molecule is C/C=C/c1ccc(C(=O)C(C)c2ccc(/C=C/C)cc2)cc1. The average Bonchev–Trinajstić information content (AvgIpc) is 2.55. The van der Waals surface area contributed by atoms with Crippen molar-refractivity contribution in [3.8, 4) is 0 Å². The summed E-state index contributed by atoms with van der Waals surface area (Å²) in [7, 11) is 0. The van der Waals surface area contributed by atoms with Crippen LogP contribution in [0.2, 0.25) is 0 Å². The number of Topliss-reactive ketones (excluding diaryl/α,β-unsaturated/α-hetero) is 1. The van der Waals surface area contributed by atoms with Gasteiger partial charge < -0.3 is 0 Å². The molecule has 0 radical (unpaired) electrons. The second-order valence-corrected chi connectivity index (χ2v) is 5.37. The third kappa shape index (κ3) is 3.82. The minimum atomic E-state index is -0.132. The van der Waals surface area contributed by atoms with Gasteiger partial charge in [-0.25, -0.2) is 0 Å². The van der Waals surface area contributed by atoms with E-state index in [-0.39, 0.29) is 11.7 Å². The van der Waals surface area contributed by atoms with Crippen molar-refractivity contribution in [3.05, 3.63) is 82.9 Å². The van der Waals surface area contributed by atoms with Gasteiger partial charge in [0.05, 0.1) is 0 Å². The van der Waals surface area contributed by atoms with Crippen LogP contribution in [0.3, 0.4) is 0 Å². The zero-order valence-corrected chi connectivity index (χ0v) is 13.4. The Labute approximate surface area is 133 Å². The van der Waals surface area contributed by atoms with Crippen LogP contribution in [-0.4, -0.2) is 5.78 Å². The summed E-state index contributed by atoms with van der Waals surface area (Å²) >= 11 is 0. The van der Waals surface area contributed by atoms with Crippen LogP contribution < -0.4 is 0 Å². The van der Waals surface area contributed by atoms with Gasteiger partial charge in [0.2, 0.25) is 0 Å². The fourth-order valence-electron chi connectivity index (χ4n) is 2.44. The van der Waals surface area contributed by atoms with Crippen molar-refractivity contribution in [1.29, 1.82) is 0 Å². The highest BCUT2D eigenvalue weighted by molar-refractivity contribution is 6.00. The van der Waals surface area contributed by atoms with Crippen molar-refractivity contribution in [2.45, 2.75) is 26.7 Å². The van der Waals surface area contributed by atoms with Crippen molar-refractivity contribution >= 4 is 17.9 Å². The van der Waals surface area contributed by atoms with E-state index in [9.17, 15) is 4.79 Å². The van der Waals surface area contributed by atoms with Crippen molar-refractivity contribution < 1.29 is 4.79 Å². The van der Waals surface area contributed by atoms with Crippen molar-refractivity contribution in [3.63, 3.8) is 0 Å². The van der Waals surface area contributed by atoms with E-state index >= 15 is 0 Å². The molecule has 0 saturated heterocycles. The van der Waals surface area contributed by atoms with Gasteiger partial charge in [0.15, 0.2) is 5.78 Å². The van der Waals surface area contributed by atoms with E-state index in [1.807, 2.05) is 87.5 Å². The van der Waals surface area contributed by atoms with Crippen molar-refractivity contribution in [2.24, 2.45) is 0 Å². The largest absolute Gasteiger partial charge is 0.294 e. The van der Waals surface area contributed by atoms with E-state index in [1.54, 1.807) is 0 Å². The summed E-state index contributed by atoms with van der Waals surface area (Å²) in [5, 5.41) is 0. The maximum Gasteiger partial charge on any atom is 0.170 e. The minimum Gasteiger partial charge on any atom is -0.294 e. The molecule has 2 rings (SSSR count). The van der Waals surface area contributed by atoms with Gasteiger partial charge >= 0.3 is 0 Å². The van der Waals surface area contributed by atoms with E-state index in [4.69, 9.17) is 0 Å². The Morgan fingerprint density at radius 3 is 1.73 bits per heavy atom. The standard InChI is InChI=1S/C21H22O/c1-4-6-17-8-12-19(13-9-17)16(3)21(22)20-14-10-18(7-5-2)11-15-20/h4-16H,1-3H3/b6-4+,7-5+. The minimum absolute atomic E-state index is 0.132. The number of carbonyl (C=O) groups excluding carboxylic acids is 1. The summed E-state index contributed by atoms with van der Waals surface area (Å²) in [5.74, 6) is 0.0260. The first kappa shape index (κ1) is 16.0. The molecule has 0 spiro atoms. The van der Waals surface area contributed by atoms with Gasteiger partial charge in [-0.1, -0.05) is 79.8 Å². The van der Waals surface area contributed by atoms with Gasteiger partial charge in [-0.2, -0.15) is 0 Å². The second kappa shape index (κ2) is 7.56. The normalized spacial score (nSPS) is 12.9. The first-order valence-corrected chi connectivity index (χ1v) is 7.65. The first-order chi connectivity index (χ1) is 10.7. The summed E-state index contributed by atoms with van der Waals surface area (Å²) in [6, 6.07) is 15.9. The maximum absolute atomic E-state index is 12.6. The molecule has 1 unspecified atom stereocenters. The molecule has 0 aliphatic heterocycles. The Kier molecular flexibility index (Phi) is 5.48. The smallest absolute Gasteiger partial charge is 0.170 e. The van der Waals surface area contributed by atoms with Gasteiger partial charge in [0.25, 0.3) is 0 Å². The van der Waals surface area contributed by atoms with Crippen LogP contribution in [-0.2, 0) is 0 Å². The Morgan fingerprint density at radius 1 is 0.818 bits per heavy atom. The topological polar surface area (TPSA) is 17.1 Å². The Bertz CT molecular complexity index is 673. The highest BCUT2D eigenvalue weighted by Crippen LogP contribution is 2.22. The number of rotatable bonds is 5. The average molecular weight is 290 g/mol. The van der Waals surface area contributed by atoms with E-state index in [0.29, 0.717) is 0 Å². The molecular formula is C21H22O. The maximum atomic E-state index is 12.6. The van der Waals surface area contributed by atoms with Gasteiger partial charge in [0.1, 0.15) is 0 Å². The Hall–Kier alpha value is -2.41. The van der Waals surface area contributed by atoms with Gasteiger partial charge in [-0.15, -0.1) is 0 Å². The van der Waals surface area contributed by atoms with E-state index < -0.39 is 0 Å². The molecule has 1 heteroatoms. The predicted octanol–water partition coefficient (Wildman–Crippen LogP) is 5.74. The molecular weight excluding hydrogens is 268 g/mol.